The summed E-state index contributed by atoms with van der Waals surface area (Å²) in [5.74, 6) is 0.164. The molecule has 0 saturated carbocycles. The minimum absolute atomic E-state index is 0.00613. The van der Waals surface area contributed by atoms with Crippen molar-refractivity contribution in [3.8, 4) is 0 Å². The summed E-state index contributed by atoms with van der Waals surface area (Å²) in [4.78, 5) is 12.2. The molecule has 0 amide bonds. The Morgan fingerprint density at radius 2 is 2.25 bits per heavy atom. The van der Waals surface area contributed by atoms with E-state index >= 15 is 0 Å². The van der Waals surface area contributed by atoms with Gasteiger partial charge in [-0.2, -0.15) is 0 Å². The Kier molecular flexibility index (Phi) is 3.62. The molecule has 2 rings (SSSR count). The van der Waals surface area contributed by atoms with Crippen LogP contribution < -0.4 is 0 Å². The highest BCUT2D eigenvalue weighted by atomic mass is 35.5. The molecule has 0 aliphatic carbocycles. The van der Waals surface area contributed by atoms with Crippen molar-refractivity contribution in [2.24, 2.45) is 5.92 Å². The molecule has 1 aliphatic heterocycles. The number of benzene rings is 1. The summed E-state index contributed by atoms with van der Waals surface area (Å²) in [6.45, 7) is 3.27. The van der Waals surface area contributed by atoms with Gasteiger partial charge in [0.1, 0.15) is 0 Å². The summed E-state index contributed by atoms with van der Waals surface area (Å²) < 4.78 is 5.33. The van der Waals surface area contributed by atoms with Gasteiger partial charge in [-0.25, -0.2) is 0 Å². The third-order valence-electron chi connectivity index (χ3n) is 2.86. The van der Waals surface area contributed by atoms with Crippen LogP contribution in [0.15, 0.2) is 18.2 Å². The zero-order chi connectivity index (χ0) is 11.5. The zero-order valence-electron chi connectivity index (χ0n) is 9.33. The van der Waals surface area contributed by atoms with Crippen molar-refractivity contribution >= 4 is 17.4 Å². The van der Waals surface area contributed by atoms with E-state index in [2.05, 4.69) is 0 Å². The molecule has 0 bridgehead atoms. The summed E-state index contributed by atoms with van der Waals surface area (Å²) in [5.41, 5.74) is 1.73. The highest BCUT2D eigenvalue weighted by molar-refractivity contribution is 6.31. The second kappa shape index (κ2) is 4.98. The number of rotatable bonds is 2. The Hall–Kier alpha value is -0.860. The number of carbonyl (C=O) groups excluding carboxylic acids is 1. The predicted octanol–water partition coefficient (Wildman–Crippen LogP) is 3.26. The number of carbonyl (C=O) groups is 1. The summed E-state index contributed by atoms with van der Waals surface area (Å²) in [7, 11) is 0. The number of halogens is 1. The van der Waals surface area contributed by atoms with Crippen LogP contribution in [0, 0.1) is 12.8 Å². The van der Waals surface area contributed by atoms with E-state index in [0.29, 0.717) is 17.2 Å². The zero-order valence-corrected chi connectivity index (χ0v) is 10.1. The lowest BCUT2D eigenvalue weighted by molar-refractivity contribution is 0.0461. The number of aryl methyl sites for hydroxylation is 1. The van der Waals surface area contributed by atoms with Crippen LogP contribution in [0.3, 0.4) is 0 Å². The molecule has 0 aromatic heterocycles. The standard InChI is InChI=1S/C13H15ClO2/c1-9-5-11(7-12(14)6-9)13(15)10-3-2-4-16-8-10/h5-7,10H,2-4,8H2,1H3. The van der Waals surface area contributed by atoms with Gasteiger partial charge in [-0.15, -0.1) is 0 Å². The Balaban J connectivity index is 2.19. The fraction of sp³-hybridized carbons (Fsp3) is 0.462. The van der Waals surface area contributed by atoms with Crippen LogP contribution in [0.5, 0.6) is 0 Å². The van der Waals surface area contributed by atoms with Crippen molar-refractivity contribution < 1.29 is 9.53 Å². The van der Waals surface area contributed by atoms with Gasteiger partial charge in [0, 0.05) is 23.1 Å². The quantitative estimate of drug-likeness (QED) is 0.740. The maximum absolute atomic E-state index is 12.2. The van der Waals surface area contributed by atoms with Gasteiger partial charge in [0.2, 0.25) is 0 Å². The van der Waals surface area contributed by atoms with Crippen LogP contribution in [0.4, 0.5) is 0 Å². The molecule has 1 aromatic rings. The molecule has 0 N–H and O–H groups in total. The van der Waals surface area contributed by atoms with Gasteiger partial charge in [0.05, 0.1) is 6.61 Å². The van der Waals surface area contributed by atoms with Gasteiger partial charge >= 0.3 is 0 Å². The number of ether oxygens (including phenoxy) is 1. The van der Waals surface area contributed by atoms with E-state index in [1.165, 1.54) is 0 Å². The van der Waals surface area contributed by atoms with Crippen LogP contribution in [-0.4, -0.2) is 19.0 Å². The topological polar surface area (TPSA) is 26.3 Å². The molecule has 2 nitrogen and oxygen atoms in total. The largest absolute Gasteiger partial charge is 0.381 e. The Morgan fingerprint density at radius 3 is 2.88 bits per heavy atom. The molecule has 86 valence electrons. The molecule has 3 heteroatoms. The third-order valence-corrected chi connectivity index (χ3v) is 3.08. The first-order chi connectivity index (χ1) is 7.66. The first-order valence-corrected chi connectivity index (χ1v) is 5.94. The minimum Gasteiger partial charge on any atom is -0.381 e. The lowest BCUT2D eigenvalue weighted by Crippen LogP contribution is -2.25. The second-order valence-electron chi connectivity index (χ2n) is 4.30. The summed E-state index contributed by atoms with van der Waals surface area (Å²) >= 11 is 5.95. The van der Waals surface area contributed by atoms with E-state index < -0.39 is 0 Å². The second-order valence-corrected chi connectivity index (χ2v) is 4.73. The van der Waals surface area contributed by atoms with E-state index in [0.717, 1.165) is 25.0 Å². The molecule has 1 saturated heterocycles. The lowest BCUT2D eigenvalue weighted by atomic mass is 9.92. The van der Waals surface area contributed by atoms with E-state index in [-0.39, 0.29) is 11.7 Å². The summed E-state index contributed by atoms with van der Waals surface area (Å²) in [6, 6.07) is 5.49. The number of Topliss-reactive ketones (excluding diaryl/α,β-unsaturated/α-hetero) is 1. The van der Waals surface area contributed by atoms with E-state index in [4.69, 9.17) is 16.3 Å². The van der Waals surface area contributed by atoms with Gasteiger partial charge < -0.3 is 4.74 Å². The smallest absolute Gasteiger partial charge is 0.168 e. The SMILES string of the molecule is Cc1cc(Cl)cc(C(=O)C2CCCOC2)c1. The molecule has 1 aromatic carbocycles. The van der Waals surface area contributed by atoms with Gasteiger partial charge in [0.25, 0.3) is 0 Å². The Morgan fingerprint density at radius 1 is 1.44 bits per heavy atom. The van der Waals surface area contributed by atoms with E-state index in [1.807, 2.05) is 19.1 Å². The van der Waals surface area contributed by atoms with Crippen LogP contribution >= 0.6 is 11.6 Å². The fourth-order valence-electron chi connectivity index (χ4n) is 2.06. The molecule has 0 spiro atoms. The van der Waals surface area contributed by atoms with Crippen molar-refractivity contribution in [1.82, 2.24) is 0 Å². The predicted molar refractivity (Wildman–Crippen MR) is 64.1 cm³/mol. The van der Waals surface area contributed by atoms with Crippen molar-refractivity contribution in [3.63, 3.8) is 0 Å². The third kappa shape index (κ3) is 2.63. The molecule has 16 heavy (non-hydrogen) atoms. The van der Waals surface area contributed by atoms with E-state index in [9.17, 15) is 4.79 Å². The maximum Gasteiger partial charge on any atom is 0.168 e. The highest BCUT2D eigenvalue weighted by Crippen LogP contribution is 2.22. The van der Waals surface area contributed by atoms with Gasteiger partial charge in [-0.05, 0) is 43.5 Å². The molecule has 1 unspecified atom stereocenters. The minimum atomic E-state index is 0.00613. The Bertz CT molecular complexity index is 375. The number of ketones is 1. The van der Waals surface area contributed by atoms with Gasteiger partial charge in [0.15, 0.2) is 5.78 Å². The first kappa shape index (κ1) is 11.6. The van der Waals surface area contributed by atoms with Gasteiger partial charge in [-0.3, -0.25) is 4.79 Å². The maximum atomic E-state index is 12.2. The summed E-state index contributed by atoms with van der Waals surface area (Å²) in [6.07, 6.45) is 1.89. The van der Waals surface area contributed by atoms with E-state index in [1.54, 1.807) is 6.07 Å². The molecule has 1 atom stereocenters. The van der Waals surface area contributed by atoms with Crippen molar-refractivity contribution in [1.29, 1.82) is 0 Å². The molecular weight excluding hydrogens is 224 g/mol. The number of hydrogen-bond acceptors (Lipinski definition) is 2. The molecular formula is C13H15ClO2. The lowest BCUT2D eigenvalue weighted by Gasteiger charge is -2.21. The van der Waals surface area contributed by atoms with Crippen LogP contribution in [-0.2, 0) is 4.74 Å². The molecule has 1 heterocycles. The van der Waals surface area contributed by atoms with Crippen molar-refractivity contribution in [3.05, 3.63) is 34.3 Å². The normalized spacial score (nSPS) is 20.8. The van der Waals surface area contributed by atoms with Gasteiger partial charge in [-0.1, -0.05) is 11.6 Å². The summed E-state index contributed by atoms with van der Waals surface area (Å²) in [5, 5.41) is 0.625. The van der Waals surface area contributed by atoms with Crippen molar-refractivity contribution in [2.45, 2.75) is 19.8 Å². The molecule has 1 fully saturated rings. The molecule has 0 radical (unpaired) electrons. The monoisotopic (exact) mass is 238 g/mol. The average molecular weight is 239 g/mol. The van der Waals surface area contributed by atoms with Crippen LogP contribution in [0.2, 0.25) is 5.02 Å². The first-order valence-electron chi connectivity index (χ1n) is 5.56. The Labute approximate surface area is 101 Å². The van der Waals surface area contributed by atoms with Crippen LogP contribution in [0.25, 0.3) is 0 Å². The number of hydrogen-bond donors (Lipinski definition) is 0. The van der Waals surface area contributed by atoms with Crippen molar-refractivity contribution in [2.75, 3.05) is 13.2 Å². The molecule has 1 aliphatic rings. The average Bonchev–Trinajstić information content (AvgIpc) is 2.28. The van der Waals surface area contributed by atoms with Crippen LogP contribution in [0.1, 0.15) is 28.8 Å². The highest BCUT2D eigenvalue weighted by Gasteiger charge is 2.23. The fourth-order valence-corrected chi connectivity index (χ4v) is 2.35.